The Hall–Kier alpha value is -2.17. The molecule has 0 saturated carbocycles. The van der Waals surface area contributed by atoms with E-state index >= 15 is 0 Å². The van der Waals surface area contributed by atoms with Gasteiger partial charge in [0.25, 0.3) is 5.91 Å². The summed E-state index contributed by atoms with van der Waals surface area (Å²) in [6.07, 6.45) is -2.02. The summed E-state index contributed by atoms with van der Waals surface area (Å²) >= 11 is 0. The van der Waals surface area contributed by atoms with Crippen molar-refractivity contribution in [1.29, 1.82) is 0 Å². The lowest BCUT2D eigenvalue weighted by Gasteiger charge is -2.15. The summed E-state index contributed by atoms with van der Waals surface area (Å²) in [5.74, 6) is -0.521. The van der Waals surface area contributed by atoms with Gasteiger partial charge in [-0.15, -0.1) is 0 Å². The van der Waals surface area contributed by atoms with E-state index in [1.54, 1.807) is 24.3 Å². The minimum absolute atomic E-state index is 0.0613. The summed E-state index contributed by atoms with van der Waals surface area (Å²) < 4.78 is 0. The fraction of sp³-hybridized carbons (Fsp3) is 0.235. The zero-order valence-electron chi connectivity index (χ0n) is 11.9. The van der Waals surface area contributed by atoms with Gasteiger partial charge >= 0.3 is 0 Å². The van der Waals surface area contributed by atoms with E-state index in [4.69, 9.17) is 0 Å². The first-order valence-corrected chi connectivity index (χ1v) is 6.83. The van der Waals surface area contributed by atoms with Crippen molar-refractivity contribution in [3.05, 3.63) is 71.3 Å². The molecule has 21 heavy (non-hydrogen) atoms. The third kappa shape index (κ3) is 4.15. The Morgan fingerprint density at radius 2 is 1.62 bits per heavy atom. The molecule has 0 aliphatic rings. The molecule has 4 heteroatoms. The maximum absolute atomic E-state index is 11.9. The number of nitrogens with one attached hydrogen (secondary N) is 1. The molecular weight excluding hydrogens is 266 g/mol. The van der Waals surface area contributed by atoms with Gasteiger partial charge in [-0.25, -0.2) is 0 Å². The predicted molar refractivity (Wildman–Crippen MR) is 80.6 cm³/mol. The Morgan fingerprint density at radius 3 is 2.24 bits per heavy atom. The summed E-state index contributed by atoms with van der Waals surface area (Å²) in [5.41, 5.74) is 2.37. The van der Waals surface area contributed by atoms with Gasteiger partial charge in [0.05, 0.1) is 6.10 Å². The van der Waals surface area contributed by atoms with Gasteiger partial charge in [0.15, 0.2) is 6.10 Å². The third-order valence-corrected chi connectivity index (χ3v) is 3.30. The highest BCUT2D eigenvalue weighted by Gasteiger charge is 2.18. The van der Waals surface area contributed by atoms with Crippen molar-refractivity contribution in [1.82, 2.24) is 5.32 Å². The fourth-order valence-electron chi connectivity index (χ4n) is 1.99. The van der Waals surface area contributed by atoms with E-state index in [1.807, 2.05) is 37.3 Å². The van der Waals surface area contributed by atoms with E-state index in [-0.39, 0.29) is 6.54 Å². The van der Waals surface area contributed by atoms with E-state index in [0.29, 0.717) is 5.56 Å². The van der Waals surface area contributed by atoms with E-state index < -0.39 is 18.1 Å². The molecule has 2 atom stereocenters. The summed E-state index contributed by atoms with van der Waals surface area (Å²) in [4.78, 5) is 11.9. The molecule has 0 fully saturated rings. The molecule has 0 aromatic heterocycles. The van der Waals surface area contributed by atoms with E-state index in [1.165, 1.54) is 0 Å². The molecule has 0 radical (unpaired) electrons. The van der Waals surface area contributed by atoms with Crippen LogP contribution in [0.15, 0.2) is 54.6 Å². The van der Waals surface area contributed by atoms with Crippen molar-refractivity contribution < 1.29 is 15.0 Å². The van der Waals surface area contributed by atoms with Crippen LogP contribution in [0.3, 0.4) is 0 Å². The highest BCUT2D eigenvalue weighted by atomic mass is 16.3. The zero-order chi connectivity index (χ0) is 15.2. The normalized spacial score (nSPS) is 13.5. The second-order valence-corrected chi connectivity index (χ2v) is 4.98. The molecular formula is C17H19NO3. The molecule has 0 bridgehead atoms. The van der Waals surface area contributed by atoms with Crippen molar-refractivity contribution in [3.8, 4) is 0 Å². The number of benzene rings is 2. The largest absolute Gasteiger partial charge is 0.387 e. The van der Waals surface area contributed by atoms with Crippen LogP contribution in [0.1, 0.15) is 28.9 Å². The van der Waals surface area contributed by atoms with Crippen molar-refractivity contribution >= 4 is 5.91 Å². The lowest BCUT2D eigenvalue weighted by molar-refractivity contribution is -0.130. The van der Waals surface area contributed by atoms with Crippen LogP contribution >= 0.6 is 0 Å². The Kier molecular flexibility index (Phi) is 5.09. The number of rotatable bonds is 5. The first-order valence-electron chi connectivity index (χ1n) is 6.83. The summed E-state index contributed by atoms with van der Waals surface area (Å²) in [6.45, 7) is 2.03. The molecule has 110 valence electrons. The lowest BCUT2D eigenvalue weighted by Crippen LogP contribution is -2.32. The van der Waals surface area contributed by atoms with Gasteiger partial charge < -0.3 is 15.5 Å². The molecule has 2 aromatic rings. The number of carbonyl (C=O) groups excluding carboxylic acids is 1. The molecule has 0 aliphatic heterocycles. The van der Waals surface area contributed by atoms with Crippen LogP contribution in [-0.4, -0.2) is 22.7 Å². The van der Waals surface area contributed by atoms with Gasteiger partial charge in [0.2, 0.25) is 0 Å². The molecule has 2 aromatic carbocycles. The summed E-state index contributed by atoms with van der Waals surface area (Å²) in [5, 5.41) is 22.5. The SMILES string of the molecule is Cc1ccc(C(O)CNC(=O)[C@@H](O)c2ccccc2)cc1. The van der Waals surface area contributed by atoms with Gasteiger partial charge in [-0.3, -0.25) is 4.79 Å². The van der Waals surface area contributed by atoms with E-state index in [9.17, 15) is 15.0 Å². The second kappa shape index (κ2) is 7.02. The number of hydrogen-bond acceptors (Lipinski definition) is 3. The Bertz CT molecular complexity index is 581. The van der Waals surface area contributed by atoms with Gasteiger partial charge in [-0.05, 0) is 18.1 Å². The Labute approximate surface area is 124 Å². The molecule has 0 heterocycles. The van der Waals surface area contributed by atoms with Crippen LogP contribution in [-0.2, 0) is 4.79 Å². The predicted octanol–water partition coefficient (Wildman–Crippen LogP) is 1.88. The average Bonchev–Trinajstić information content (AvgIpc) is 2.53. The van der Waals surface area contributed by atoms with Gasteiger partial charge in [0, 0.05) is 6.54 Å². The smallest absolute Gasteiger partial charge is 0.253 e. The van der Waals surface area contributed by atoms with Crippen molar-refractivity contribution in [3.63, 3.8) is 0 Å². The molecule has 1 unspecified atom stereocenters. The average molecular weight is 285 g/mol. The van der Waals surface area contributed by atoms with Crippen LogP contribution in [0.2, 0.25) is 0 Å². The van der Waals surface area contributed by atoms with Crippen molar-refractivity contribution in [2.24, 2.45) is 0 Å². The molecule has 3 N–H and O–H groups in total. The number of carbonyl (C=O) groups is 1. The third-order valence-electron chi connectivity index (χ3n) is 3.30. The molecule has 4 nitrogen and oxygen atoms in total. The van der Waals surface area contributed by atoms with Crippen molar-refractivity contribution in [2.45, 2.75) is 19.1 Å². The van der Waals surface area contributed by atoms with Crippen LogP contribution in [0.25, 0.3) is 0 Å². The maximum atomic E-state index is 11.9. The maximum Gasteiger partial charge on any atom is 0.253 e. The summed E-state index contributed by atoms with van der Waals surface area (Å²) in [6, 6.07) is 16.1. The molecule has 0 aliphatic carbocycles. The Morgan fingerprint density at radius 1 is 1.00 bits per heavy atom. The minimum Gasteiger partial charge on any atom is -0.387 e. The zero-order valence-corrected chi connectivity index (χ0v) is 11.9. The lowest BCUT2D eigenvalue weighted by atomic mass is 10.1. The molecule has 0 spiro atoms. The number of aryl methyl sites for hydroxylation is 1. The summed E-state index contributed by atoms with van der Waals surface area (Å²) in [7, 11) is 0. The molecule has 2 rings (SSSR count). The molecule has 1 amide bonds. The monoisotopic (exact) mass is 285 g/mol. The first-order chi connectivity index (χ1) is 10.1. The van der Waals surface area contributed by atoms with Gasteiger partial charge in [-0.1, -0.05) is 60.2 Å². The van der Waals surface area contributed by atoms with E-state index in [2.05, 4.69) is 5.32 Å². The van der Waals surface area contributed by atoms with Gasteiger partial charge in [-0.2, -0.15) is 0 Å². The van der Waals surface area contributed by atoms with E-state index in [0.717, 1.165) is 11.1 Å². The number of hydrogen-bond donors (Lipinski definition) is 3. The number of aliphatic hydroxyl groups excluding tert-OH is 2. The molecule has 0 saturated heterocycles. The highest BCUT2D eigenvalue weighted by molar-refractivity contribution is 5.81. The quantitative estimate of drug-likeness (QED) is 0.785. The number of amides is 1. The Balaban J connectivity index is 1.90. The van der Waals surface area contributed by atoms with Crippen LogP contribution in [0.5, 0.6) is 0 Å². The minimum atomic E-state index is -1.23. The second-order valence-electron chi connectivity index (χ2n) is 4.98. The first kappa shape index (κ1) is 15.2. The fourth-order valence-corrected chi connectivity index (χ4v) is 1.99. The van der Waals surface area contributed by atoms with Crippen molar-refractivity contribution in [2.75, 3.05) is 6.54 Å². The van der Waals surface area contributed by atoms with Crippen LogP contribution in [0, 0.1) is 6.92 Å². The topological polar surface area (TPSA) is 69.6 Å². The van der Waals surface area contributed by atoms with Crippen LogP contribution < -0.4 is 5.32 Å². The standard InChI is InChI=1S/C17H19NO3/c1-12-7-9-13(10-8-12)15(19)11-18-17(21)16(20)14-5-3-2-4-6-14/h2-10,15-16,19-20H,11H2,1H3,(H,18,21)/t15?,16-/m0/s1. The van der Waals surface area contributed by atoms with Gasteiger partial charge in [0.1, 0.15) is 0 Å². The highest BCUT2D eigenvalue weighted by Crippen LogP contribution is 2.15. The number of aliphatic hydroxyl groups is 2. The van der Waals surface area contributed by atoms with Crippen LogP contribution in [0.4, 0.5) is 0 Å².